The molecule has 11 aromatic carbocycles. The topological polar surface area (TPSA) is 19.6 Å². The number of fused-ring (bicyclic) bond motifs is 10. The van der Waals surface area contributed by atoms with E-state index in [1.807, 2.05) is 0 Å². The Morgan fingerprint density at radius 3 is 1.48 bits per heavy atom. The maximum absolute atomic E-state index is 3.83. The third kappa shape index (κ3) is 9.60. The SMILES string of the molecule is CC(C)(C)C1=Cc2c(n(-c3cc4c5c(c3)N(c3c(-c6ccccc6)cccc3-c3ccccc3)c3cc(N6C7CC8CC(C7)CC6C8)ccc3B5c3ccc(-n5c6ccccc6c6ccccc65)cc3N4c3c(C4=CCCC=C4)cccc3-c3ccccc3)c3ccc(C(C)(C)C)cc23)CC#C1. The minimum absolute atomic E-state index is 0.0899. The highest BCUT2D eigenvalue weighted by molar-refractivity contribution is 7.00. The van der Waals surface area contributed by atoms with Gasteiger partial charge in [0.15, 0.2) is 0 Å². The zero-order valence-corrected chi connectivity index (χ0v) is 59.2. The second kappa shape index (κ2) is 23.3. The van der Waals surface area contributed by atoms with Gasteiger partial charge in [0, 0.05) is 101 Å². The standard InChI is InChI=1S/C96H82BN5/c1-95(2,3)67-34-23-43-86-80(55-67)81-56-68(96(4,5)6)44-49-87(81)100(86)73-59-90-92-91(60-73)102(94-76(65-30-15-9-16-31-65)39-25-40-77(94)66-32-17-10-18-33-66)89-58-70(99-84-41-21-19-35-78(84)79-36-20-22-42-85(79)99)46-48-83(89)97(92)82-47-45-69(98-71-51-61-50-62(53-71)54-72(98)52-61)57-88(82)101(90)93-74(63-26-11-7-12-27-63)37-24-38-75(93)64-28-13-8-14-29-64/h7-9,11-17,19-22,24-33,35-42,44-49,55-62,71-72H,10,18,43,50-54H2,1-6H3. The molecule has 0 atom stereocenters. The van der Waals surface area contributed by atoms with Crippen molar-refractivity contribution in [3.8, 4) is 56.6 Å². The molecule has 102 heavy (non-hydrogen) atoms. The van der Waals surface area contributed by atoms with Crippen LogP contribution in [0, 0.1) is 29.1 Å². The summed E-state index contributed by atoms with van der Waals surface area (Å²) in [5.41, 5.74) is 32.2. The minimum Gasteiger partial charge on any atom is -0.365 e. The van der Waals surface area contributed by atoms with E-state index in [2.05, 4.69) is 344 Å². The van der Waals surface area contributed by atoms with E-state index in [1.165, 1.54) is 165 Å². The predicted octanol–water partition coefficient (Wildman–Crippen LogP) is 22.6. The van der Waals surface area contributed by atoms with Gasteiger partial charge in [-0.3, -0.25) is 0 Å². The summed E-state index contributed by atoms with van der Waals surface area (Å²) in [4.78, 5) is 8.46. The van der Waals surface area contributed by atoms with E-state index in [1.54, 1.807) is 0 Å². The Balaban J connectivity index is 0.973. The highest BCUT2D eigenvalue weighted by Crippen LogP contribution is 2.56. The Bertz CT molecular complexity index is 5660. The number of nitrogens with zero attached hydrogens (tertiary/aromatic N) is 5. The van der Waals surface area contributed by atoms with Crippen molar-refractivity contribution in [3.05, 3.63) is 289 Å². The first-order valence-corrected chi connectivity index (χ1v) is 37.4. The molecule has 5 nitrogen and oxygen atoms in total. The Labute approximate surface area is 600 Å². The first-order chi connectivity index (χ1) is 49.9. The lowest BCUT2D eigenvalue weighted by Crippen LogP contribution is -2.62. The van der Waals surface area contributed by atoms with E-state index >= 15 is 0 Å². The molecule has 0 radical (unpaired) electrons. The summed E-state index contributed by atoms with van der Waals surface area (Å²) in [6.07, 6.45) is 18.8. The molecule has 2 aromatic heterocycles. The maximum atomic E-state index is 3.83. The molecule has 4 fully saturated rings. The van der Waals surface area contributed by atoms with Gasteiger partial charge < -0.3 is 23.8 Å². The van der Waals surface area contributed by atoms with Crippen molar-refractivity contribution in [1.29, 1.82) is 0 Å². The van der Waals surface area contributed by atoms with Crippen molar-refractivity contribution in [2.75, 3.05) is 14.7 Å². The van der Waals surface area contributed by atoms with Gasteiger partial charge in [-0.2, -0.15) is 0 Å². The number of piperidine rings is 2. The van der Waals surface area contributed by atoms with Crippen LogP contribution in [0.5, 0.6) is 0 Å². The van der Waals surface area contributed by atoms with Gasteiger partial charge in [0.2, 0.25) is 0 Å². The monoisotopic (exact) mass is 1320 g/mol. The van der Waals surface area contributed by atoms with Gasteiger partial charge in [0.25, 0.3) is 6.71 Å². The lowest BCUT2D eigenvalue weighted by atomic mass is 9.33. The lowest BCUT2D eigenvalue weighted by molar-refractivity contribution is 0.0900. The number of aromatic nitrogens is 2. The molecule has 0 spiro atoms. The van der Waals surface area contributed by atoms with Gasteiger partial charge in [-0.15, -0.1) is 0 Å². The summed E-state index contributed by atoms with van der Waals surface area (Å²) in [6.45, 7) is 13.8. The van der Waals surface area contributed by atoms with Crippen molar-refractivity contribution in [3.63, 3.8) is 0 Å². The predicted molar refractivity (Wildman–Crippen MR) is 432 cm³/mol. The Morgan fingerprint density at radius 1 is 0.422 bits per heavy atom. The van der Waals surface area contributed by atoms with Crippen LogP contribution in [0.15, 0.2) is 266 Å². The first-order valence-electron chi connectivity index (χ1n) is 37.4. The lowest BCUT2D eigenvalue weighted by Gasteiger charge is -2.57. The summed E-state index contributed by atoms with van der Waals surface area (Å²) >= 11 is 0. The molecule has 0 amide bonds. The molecule has 4 aliphatic heterocycles. The molecular formula is C96H82BN5. The van der Waals surface area contributed by atoms with Gasteiger partial charge in [0.1, 0.15) is 0 Å². The number of para-hydroxylation sites is 4. The normalized spacial score (nSPS) is 18.6. The van der Waals surface area contributed by atoms with Crippen LogP contribution in [0.3, 0.4) is 0 Å². The molecule has 4 bridgehead atoms. The van der Waals surface area contributed by atoms with Crippen molar-refractivity contribution in [2.45, 2.75) is 110 Å². The Hall–Kier alpha value is -11.0. The van der Waals surface area contributed by atoms with Crippen LogP contribution in [-0.4, -0.2) is 27.9 Å². The molecule has 6 heteroatoms. The van der Waals surface area contributed by atoms with Gasteiger partial charge in [0.05, 0.1) is 40.0 Å². The number of hydrogen-bond acceptors (Lipinski definition) is 3. The molecule has 21 rings (SSSR count). The highest BCUT2D eigenvalue weighted by Gasteiger charge is 2.50. The third-order valence-electron chi connectivity index (χ3n) is 23.9. The van der Waals surface area contributed by atoms with Crippen molar-refractivity contribution >= 4 is 107 Å². The molecule has 13 aromatic rings. The fraction of sp³-hybridized carbons (Fsp3) is 0.208. The molecule has 0 unspecified atom stereocenters. The summed E-state index contributed by atoms with van der Waals surface area (Å²) in [5.74, 6) is 9.23. The van der Waals surface area contributed by atoms with E-state index in [9.17, 15) is 0 Å². The van der Waals surface area contributed by atoms with Crippen LogP contribution in [0.4, 0.5) is 39.8 Å². The van der Waals surface area contributed by atoms with E-state index in [4.69, 9.17) is 0 Å². The number of hydrogen-bond donors (Lipinski definition) is 0. The van der Waals surface area contributed by atoms with Crippen molar-refractivity contribution < 1.29 is 0 Å². The fourth-order valence-electron chi connectivity index (χ4n) is 19.5. The van der Waals surface area contributed by atoms with Gasteiger partial charge >= 0.3 is 0 Å². The number of anilines is 7. The first kappa shape index (κ1) is 60.9. The van der Waals surface area contributed by atoms with Gasteiger partial charge in [-0.05, 0) is 179 Å². The largest absolute Gasteiger partial charge is 0.365 e. The summed E-state index contributed by atoms with van der Waals surface area (Å²) in [5, 5.41) is 3.74. The summed E-state index contributed by atoms with van der Waals surface area (Å²) in [6, 6.07) is 94.8. The van der Waals surface area contributed by atoms with E-state index in [-0.39, 0.29) is 17.5 Å². The van der Waals surface area contributed by atoms with Crippen LogP contribution >= 0.6 is 0 Å². The van der Waals surface area contributed by atoms with Crippen LogP contribution in [0.2, 0.25) is 0 Å². The second-order valence-electron chi connectivity index (χ2n) is 32.1. The molecule has 6 heterocycles. The molecular weight excluding hydrogens is 1230 g/mol. The average Bonchev–Trinajstić information content (AvgIpc) is 0.719. The molecule has 0 N–H and O–H groups in total. The van der Waals surface area contributed by atoms with Crippen LogP contribution < -0.4 is 31.1 Å². The molecule has 2 saturated carbocycles. The molecule has 2 saturated heterocycles. The summed E-state index contributed by atoms with van der Waals surface area (Å²) in [7, 11) is 0. The van der Waals surface area contributed by atoms with Crippen LogP contribution in [0.25, 0.3) is 89.1 Å². The fourth-order valence-corrected chi connectivity index (χ4v) is 19.5. The Morgan fingerprint density at radius 2 is 0.931 bits per heavy atom. The molecule has 8 aliphatic rings. The number of rotatable bonds is 9. The van der Waals surface area contributed by atoms with E-state index in [0.717, 1.165) is 58.7 Å². The smallest absolute Gasteiger partial charge is 0.252 e. The molecule has 4 aliphatic carbocycles. The number of benzene rings is 11. The summed E-state index contributed by atoms with van der Waals surface area (Å²) < 4.78 is 5.17. The van der Waals surface area contributed by atoms with Gasteiger partial charge in [-0.1, -0.05) is 254 Å². The van der Waals surface area contributed by atoms with E-state index < -0.39 is 0 Å². The van der Waals surface area contributed by atoms with Crippen molar-refractivity contribution in [1.82, 2.24) is 9.13 Å². The number of allylic oxidation sites excluding steroid dienone is 5. The third-order valence-corrected chi connectivity index (χ3v) is 23.9. The van der Waals surface area contributed by atoms with Crippen LogP contribution in [0.1, 0.15) is 109 Å². The second-order valence-corrected chi connectivity index (χ2v) is 32.1. The average molecular weight is 1320 g/mol. The van der Waals surface area contributed by atoms with E-state index in [0.29, 0.717) is 18.5 Å². The minimum atomic E-state index is -0.197. The van der Waals surface area contributed by atoms with Gasteiger partial charge in [-0.25, -0.2) is 0 Å². The zero-order chi connectivity index (χ0) is 68.3. The highest BCUT2D eigenvalue weighted by atomic mass is 15.2. The quantitative estimate of drug-likeness (QED) is 0.106. The maximum Gasteiger partial charge on any atom is 0.252 e. The Kier molecular flexibility index (Phi) is 13.9. The molecule has 494 valence electrons. The van der Waals surface area contributed by atoms with Crippen molar-refractivity contribution in [2.24, 2.45) is 17.3 Å². The zero-order valence-electron chi connectivity index (χ0n) is 59.2. The van der Waals surface area contributed by atoms with Crippen LogP contribution in [-0.2, 0) is 11.8 Å².